The summed E-state index contributed by atoms with van der Waals surface area (Å²) < 4.78 is 4.50. The van der Waals surface area contributed by atoms with Gasteiger partial charge in [-0.2, -0.15) is 0 Å². The summed E-state index contributed by atoms with van der Waals surface area (Å²) in [7, 11) is 0. The number of carboxylic acid groups (broad SMARTS) is 1. The normalized spacial score (nSPS) is 9.56. The van der Waals surface area contributed by atoms with Crippen molar-refractivity contribution in [3.05, 3.63) is 24.5 Å². The van der Waals surface area contributed by atoms with Gasteiger partial charge in [0, 0.05) is 5.57 Å². The van der Waals surface area contributed by atoms with E-state index in [2.05, 4.69) is 24.8 Å². The minimum atomic E-state index is -1.34. The molecule has 0 aliphatic carbocycles. The molecular formula is C12H18O4. The summed E-state index contributed by atoms with van der Waals surface area (Å²) in [5.74, 6) is -2.62. The quantitative estimate of drug-likeness (QED) is 0.299. The van der Waals surface area contributed by atoms with Crippen LogP contribution in [0.3, 0.4) is 0 Å². The van der Waals surface area contributed by atoms with Gasteiger partial charge < -0.3 is 9.84 Å². The minimum Gasteiger partial charge on any atom is -0.475 e. The lowest BCUT2D eigenvalue weighted by Gasteiger charge is -2.05. The van der Waals surface area contributed by atoms with Crippen molar-refractivity contribution in [2.24, 2.45) is 0 Å². The van der Waals surface area contributed by atoms with Crippen LogP contribution in [0.4, 0.5) is 0 Å². The first-order valence-electron chi connectivity index (χ1n) is 5.31. The van der Waals surface area contributed by atoms with Crippen LogP contribution in [0, 0.1) is 0 Å². The number of carbonyl (C=O) groups excluding carboxylic acids is 1. The van der Waals surface area contributed by atoms with Crippen LogP contribution in [0.2, 0.25) is 0 Å². The largest absolute Gasteiger partial charge is 0.475 e. The molecule has 90 valence electrons. The highest BCUT2D eigenvalue weighted by Gasteiger charge is 2.14. The van der Waals surface area contributed by atoms with Crippen LogP contribution >= 0.6 is 0 Å². The molecule has 0 aromatic carbocycles. The Morgan fingerprint density at radius 2 is 1.81 bits per heavy atom. The summed E-state index contributed by atoms with van der Waals surface area (Å²) in [6.07, 6.45) is 4.66. The summed E-state index contributed by atoms with van der Waals surface area (Å²) in [5, 5.41) is 8.45. The van der Waals surface area contributed by atoms with Gasteiger partial charge in [0.2, 0.25) is 5.76 Å². The smallest absolute Gasteiger partial charge is 0.371 e. The second kappa shape index (κ2) is 7.68. The van der Waals surface area contributed by atoms with Gasteiger partial charge in [-0.15, -0.1) is 0 Å². The zero-order valence-corrected chi connectivity index (χ0v) is 9.62. The van der Waals surface area contributed by atoms with Gasteiger partial charge in [0.25, 0.3) is 0 Å². The number of rotatable bonds is 8. The van der Waals surface area contributed by atoms with Gasteiger partial charge in [-0.3, -0.25) is 0 Å². The van der Waals surface area contributed by atoms with E-state index in [9.17, 15) is 9.59 Å². The minimum absolute atomic E-state index is 0.290. The molecule has 0 atom stereocenters. The number of carboxylic acids is 1. The molecule has 0 radical (unpaired) electrons. The molecule has 0 amide bonds. The average molecular weight is 226 g/mol. The monoisotopic (exact) mass is 226 g/mol. The number of hydrogen-bond acceptors (Lipinski definition) is 3. The molecule has 0 fully saturated rings. The van der Waals surface area contributed by atoms with Gasteiger partial charge >= 0.3 is 11.9 Å². The Balaban J connectivity index is 3.87. The van der Waals surface area contributed by atoms with Crippen LogP contribution in [-0.2, 0) is 14.3 Å². The van der Waals surface area contributed by atoms with E-state index >= 15 is 0 Å². The number of unbranched alkanes of at least 4 members (excludes halogenated alkanes) is 3. The maximum Gasteiger partial charge on any atom is 0.371 e. The van der Waals surface area contributed by atoms with Crippen molar-refractivity contribution in [3.8, 4) is 0 Å². The van der Waals surface area contributed by atoms with E-state index in [-0.39, 0.29) is 0 Å². The fourth-order valence-electron chi connectivity index (χ4n) is 1.09. The summed E-state index contributed by atoms with van der Waals surface area (Å²) in [6, 6.07) is 0. The first-order chi connectivity index (χ1) is 7.49. The van der Waals surface area contributed by atoms with Crippen molar-refractivity contribution in [3.63, 3.8) is 0 Å². The molecule has 1 N–H and O–H groups in total. The Kier molecular flexibility index (Phi) is 6.92. The first kappa shape index (κ1) is 14.4. The van der Waals surface area contributed by atoms with Crippen molar-refractivity contribution in [1.82, 2.24) is 0 Å². The van der Waals surface area contributed by atoms with Gasteiger partial charge in [-0.05, 0) is 19.4 Å². The molecule has 4 heteroatoms. The molecule has 0 saturated carbocycles. The van der Waals surface area contributed by atoms with Gasteiger partial charge in [0.05, 0.1) is 0 Å². The van der Waals surface area contributed by atoms with Gasteiger partial charge in [-0.25, -0.2) is 9.59 Å². The van der Waals surface area contributed by atoms with Gasteiger partial charge in [0.1, 0.15) is 0 Å². The third-order valence-corrected chi connectivity index (χ3v) is 2.08. The van der Waals surface area contributed by atoms with E-state index in [1.165, 1.54) is 0 Å². The molecule has 0 aromatic heterocycles. The molecule has 0 rings (SSSR count). The molecule has 0 heterocycles. The van der Waals surface area contributed by atoms with Crippen molar-refractivity contribution in [1.29, 1.82) is 0 Å². The second-order valence-corrected chi connectivity index (χ2v) is 3.53. The van der Waals surface area contributed by atoms with Crippen LogP contribution in [0.25, 0.3) is 0 Å². The molecule has 0 bridgehead atoms. The van der Waals surface area contributed by atoms with Crippen LogP contribution in [0.15, 0.2) is 24.5 Å². The van der Waals surface area contributed by atoms with Crippen LogP contribution < -0.4 is 0 Å². The highest BCUT2D eigenvalue weighted by atomic mass is 16.6. The molecule has 0 aliphatic rings. The van der Waals surface area contributed by atoms with Crippen LogP contribution in [0.1, 0.15) is 39.0 Å². The summed E-state index contributed by atoms with van der Waals surface area (Å²) in [5.41, 5.74) is 0.290. The maximum absolute atomic E-state index is 11.3. The van der Waals surface area contributed by atoms with E-state index < -0.39 is 17.7 Å². The highest BCUT2D eigenvalue weighted by molar-refractivity contribution is 5.93. The standard InChI is InChI=1S/C12H18O4/c1-4-5-6-7-8-9(2)12(15)16-10(3)11(13)14/h2-8H2,1H3,(H,13,14). The molecule has 16 heavy (non-hydrogen) atoms. The Labute approximate surface area is 95.6 Å². The van der Waals surface area contributed by atoms with Gasteiger partial charge in [-0.1, -0.05) is 32.8 Å². The molecule has 0 saturated heterocycles. The Morgan fingerprint density at radius 3 is 2.31 bits per heavy atom. The predicted octanol–water partition coefficient (Wildman–Crippen LogP) is 2.65. The number of aliphatic carboxylic acids is 1. The molecule has 0 aliphatic heterocycles. The molecule has 0 unspecified atom stereocenters. The lowest BCUT2D eigenvalue weighted by Crippen LogP contribution is -2.11. The SMILES string of the molecule is C=C(CCCCCC)C(=O)OC(=C)C(=O)O. The Morgan fingerprint density at radius 1 is 1.19 bits per heavy atom. The summed E-state index contributed by atoms with van der Waals surface area (Å²) in [4.78, 5) is 21.6. The third-order valence-electron chi connectivity index (χ3n) is 2.08. The zero-order valence-electron chi connectivity index (χ0n) is 9.62. The van der Waals surface area contributed by atoms with E-state index in [0.717, 1.165) is 25.7 Å². The van der Waals surface area contributed by atoms with Crippen molar-refractivity contribution >= 4 is 11.9 Å². The van der Waals surface area contributed by atoms with Crippen LogP contribution in [0.5, 0.6) is 0 Å². The van der Waals surface area contributed by atoms with E-state index in [4.69, 9.17) is 5.11 Å². The lowest BCUT2D eigenvalue weighted by atomic mass is 10.1. The summed E-state index contributed by atoms with van der Waals surface area (Å²) >= 11 is 0. The average Bonchev–Trinajstić information content (AvgIpc) is 2.23. The highest BCUT2D eigenvalue weighted by Crippen LogP contribution is 2.11. The van der Waals surface area contributed by atoms with Crippen LogP contribution in [-0.4, -0.2) is 17.0 Å². The molecule has 0 aromatic rings. The van der Waals surface area contributed by atoms with Gasteiger partial charge in [0.15, 0.2) is 0 Å². The Bertz CT molecular complexity index is 291. The molecular weight excluding hydrogens is 208 g/mol. The topological polar surface area (TPSA) is 63.6 Å². The van der Waals surface area contributed by atoms with Crippen molar-refractivity contribution in [2.45, 2.75) is 39.0 Å². The number of esters is 1. The predicted molar refractivity (Wildman–Crippen MR) is 60.8 cm³/mol. The maximum atomic E-state index is 11.3. The van der Waals surface area contributed by atoms with Crippen molar-refractivity contribution < 1.29 is 19.4 Å². The number of hydrogen-bond donors (Lipinski definition) is 1. The van der Waals surface area contributed by atoms with E-state index in [1.807, 2.05) is 0 Å². The molecule has 0 spiro atoms. The third kappa shape index (κ3) is 6.01. The summed E-state index contributed by atoms with van der Waals surface area (Å²) in [6.45, 7) is 8.76. The second-order valence-electron chi connectivity index (χ2n) is 3.53. The zero-order chi connectivity index (χ0) is 12.6. The lowest BCUT2D eigenvalue weighted by molar-refractivity contribution is -0.145. The van der Waals surface area contributed by atoms with E-state index in [0.29, 0.717) is 12.0 Å². The number of carbonyl (C=O) groups is 2. The fraction of sp³-hybridized carbons (Fsp3) is 0.500. The van der Waals surface area contributed by atoms with Crippen molar-refractivity contribution in [2.75, 3.05) is 0 Å². The number of ether oxygens (including phenoxy) is 1. The Hall–Kier alpha value is -1.58. The molecule has 4 nitrogen and oxygen atoms in total. The van der Waals surface area contributed by atoms with E-state index in [1.54, 1.807) is 0 Å². The fourth-order valence-corrected chi connectivity index (χ4v) is 1.09. The first-order valence-corrected chi connectivity index (χ1v) is 5.31.